The average Bonchev–Trinajstić information content (AvgIpc) is 2.65. The molecule has 0 aliphatic carbocycles. The minimum absolute atomic E-state index is 0. The first-order valence-corrected chi connectivity index (χ1v) is 9.46. The molecule has 2 N–H and O–H groups in total. The van der Waals surface area contributed by atoms with Crippen molar-refractivity contribution in [1.29, 1.82) is 0 Å². The molecular formula is C18H22ClFN2O4S. The van der Waals surface area contributed by atoms with E-state index in [0.29, 0.717) is 6.42 Å². The second kappa shape index (κ2) is 10.4. The molecule has 0 amide bonds. The van der Waals surface area contributed by atoms with Gasteiger partial charge >= 0.3 is 5.97 Å². The maximum absolute atomic E-state index is 14.1. The summed E-state index contributed by atoms with van der Waals surface area (Å²) >= 11 is 0. The Morgan fingerprint density at radius 1 is 1.15 bits per heavy atom. The molecule has 0 atom stereocenters. The van der Waals surface area contributed by atoms with Gasteiger partial charge in [0.25, 0.3) is 0 Å². The Hall–Kier alpha value is -2.00. The standard InChI is InChI=1S/C18H21FN2O4S.ClH/c1-25-18(22)16-8-7-15(13-17(16)19)26(23,24)21(12-10-20)11-9-14-5-3-2-4-6-14;/h2-8,13H,9-12,20H2,1H3;1H. The zero-order valence-electron chi connectivity index (χ0n) is 14.8. The quantitative estimate of drug-likeness (QED) is 0.666. The first-order valence-electron chi connectivity index (χ1n) is 8.02. The Balaban J connectivity index is 0.00000364. The van der Waals surface area contributed by atoms with Crippen LogP contribution in [-0.2, 0) is 21.2 Å². The molecule has 0 radical (unpaired) electrons. The molecule has 0 aliphatic rings. The van der Waals surface area contributed by atoms with Gasteiger partial charge in [-0.25, -0.2) is 17.6 Å². The number of carbonyl (C=O) groups is 1. The highest BCUT2D eigenvalue weighted by molar-refractivity contribution is 7.89. The van der Waals surface area contributed by atoms with Crippen molar-refractivity contribution in [3.05, 3.63) is 65.5 Å². The van der Waals surface area contributed by atoms with Crippen molar-refractivity contribution in [1.82, 2.24) is 4.31 Å². The van der Waals surface area contributed by atoms with Crippen molar-refractivity contribution in [3.8, 4) is 0 Å². The van der Waals surface area contributed by atoms with E-state index < -0.39 is 21.8 Å². The number of nitrogens with zero attached hydrogens (tertiary/aromatic N) is 1. The predicted molar refractivity (Wildman–Crippen MR) is 103 cm³/mol. The minimum Gasteiger partial charge on any atom is -0.465 e. The molecule has 6 nitrogen and oxygen atoms in total. The van der Waals surface area contributed by atoms with Gasteiger partial charge in [-0.1, -0.05) is 30.3 Å². The van der Waals surface area contributed by atoms with Crippen molar-refractivity contribution in [3.63, 3.8) is 0 Å². The smallest absolute Gasteiger partial charge is 0.340 e. The molecule has 2 rings (SSSR count). The van der Waals surface area contributed by atoms with Crippen LogP contribution in [0.3, 0.4) is 0 Å². The minimum atomic E-state index is -3.94. The van der Waals surface area contributed by atoms with Gasteiger partial charge in [0.05, 0.1) is 17.6 Å². The van der Waals surface area contributed by atoms with Crippen LogP contribution in [0.1, 0.15) is 15.9 Å². The third kappa shape index (κ3) is 5.74. The summed E-state index contributed by atoms with van der Waals surface area (Å²) in [6.45, 7) is 0.455. The van der Waals surface area contributed by atoms with Crippen LogP contribution in [0.2, 0.25) is 0 Å². The van der Waals surface area contributed by atoms with Crippen LogP contribution in [0.25, 0.3) is 0 Å². The molecule has 0 saturated carbocycles. The van der Waals surface area contributed by atoms with Crippen LogP contribution in [0, 0.1) is 5.82 Å². The molecule has 2 aromatic carbocycles. The van der Waals surface area contributed by atoms with E-state index in [-0.39, 0.29) is 42.5 Å². The Labute approximate surface area is 164 Å². The van der Waals surface area contributed by atoms with E-state index in [9.17, 15) is 17.6 Å². The van der Waals surface area contributed by atoms with Gasteiger partial charge in [0, 0.05) is 19.6 Å². The lowest BCUT2D eigenvalue weighted by molar-refractivity contribution is 0.0595. The monoisotopic (exact) mass is 416 g/mol. The number of carbonyl (C=O) groups excluding carboxylic acids is 1. The molecule has 0 fully saturated rings. The highest BCUT2D eigenvalue weighted by Crippen LogP contribution is 2.20. The van der Waals surface area contributed by atoms with Gasteiger partial charge in [-0.2, -0.15) is 4.31 Å². The van der Waals surface area contributed by atoms with Crippen molar-refractivity contribution in [2.45, 2.75) is 11.3 Å². The number of sulfonamides is 1. The number of halogens is 2. The van der Waals surface area contributed by atoms with Crippen LogP contribution >= 0.6 is 12.4 Å². The van der Waals surface area contributed by atoms with E-state index >= 15 is 0 Å². The van der Waals surface area contributed by atoms with Crippen molar-refractivity contribution in [2.75, 3.05) is 26.7 Å². The van der Waals surface area contributed by atoms with Crippen molar-refractivity contribution < 1.29 is 22.3 Å². The van der Waals surface area contributed by atoms with Gasteiger partial charge in [0.2, 0.25) is 10.0 Å². The highest BCUT2D eigenvalue weighted by Gasteiger charge is 2.25. The molecule has 27 heavy (non-hydrogen) atoms. The molecule has 9 heteroatoms. The first kappa shape index (κ1) is 23.0. The van der Waals surface area contributed by atoms with E-state index in [1.54, 1.807) is 0 Å². The summed E-state index contributed by atoms with van der Waals surface area (Å²) < 4.78 is 45.5. The average molecular weight is 417 g/mol. The van der Waals surface area contributed by atoms with Crippen molar-refractivity contribution in [2.24, 2.45) is 5.73 Å². The van der Waals surface area contributed by atoms with Crippen LogP contribution in [-0.4, -0.2) is 45.4 Å². The second-order valence-corrected chi connectivity index (χ2v) is 7.50. The number of benzene rings is 2. The maximum Gasteiger partial charge on any atom is 0.340 e. The zero-order valence-corrected chi connectivity index (χ0v) is 16.4. The zero-order chi connectivity index (χ0) is 19.2. The van der Waals surface area contributed by atoms with Crippen molar-refractivity contribution >= 4 is 28.4 Å². The van der Waals surface area contributed by atoms with Crippen LogP contribution in [0.5, 0.6) is 0 Å². The van der Waals surface area contributed by atoms with Crippen LogP contribution in [0.15, 0.2) is 53.4 Å². The maximum atomic E-state index is 14.1. The third-order valence-electron chi connectivity index (χ3n) is 3.85. The van der Waals surface area contributed by atoms with E-state index in [0.717, 1.165) is 24.8 Å². The molecule has 148 valence electrons. The van der Waals surface area contributed by atoms with Gasteiger partial charge in [-0.05, 0) is 30.2 Å². The number of nitrogens with two attached hydrogens (primary N) is 1. The van der Waals surface area contributed by atoms with Gasteiger partial charge < -0.3 is 10.5 Å². The summed E-state index contributed by atoms with van der Waals surface area (Å²) in [6, 6.07) is 12.5. The molecule has 0 saturated heterocycles. The Kier molecular flexibility index (Phi) is 8.84. The second-order valence-electron chi connectivity index (χ2n) is 5.56. The fourth-order valence-electron chi connectivity index (χ4n) is 2.48. The molecule has 2 aromatic rings. The largest absolute Gasteiger partial charge is 0.465 e. The summed E-state index contributed by atoms with van der Waals surface area (Å²) in [4.78, 5) is 11.2. The number of ether oxygens (including phenoxy) is 1. The molecule has 0 aromatic heterocycles. The fraction of sp³-hybridized carbons (Fsp3) is 0.278. The molecule has 0 unspecified atom stereocenters. The molecule has 0 spiro atoms. The fourth-order valence-corrected chi connectivity index (χ4v) is 3.94. The SMILES string of the molecule is COC(=O)c1ccc(S(=O)(=O)N(CCN)CCc2ccccc2)cc1F.Cl. The number of methoxy groups -OCH3 is 1. The molecule has 0 bridgehead atoms. The van der Waals surface area contributed by atoms with E-state index in [2.05, 4.69) is 4.74 Å². The molecule has 0 aliphatic heterocycles. The van der Waals surface area contributed by atoms with Gasteiger partial charge in [0.1, 0.15) is 5.82 Å². The van der Waals surface area contributed by atoms with E-state index in [1.807, 2.05) is 30.3 Å². The van der Waals surface area contributed by atoms with Crippen LogP contribution in [0.4, 0.5) is 4.39 Å². The topological polar surface area (TPSA) is 89.7 Å². The summed E-state index contributed by atoms with van der Waals surface area (Å²) in [6.07, 6.45) is 0.503. The summed E-state index contributed by atoms with van der Waals surface area (Å²) in [5, 5.41) is 0. The summed E-state index contributed by atoms with van der Waals surface area (Å²) in [5.74, 6) is -1.82. The number of hydrogen-bond donors (Lipinski definition) is 1. The highest BCUT2D eigenvalue weighted by atomic mass is 35.5. The Morgan fingerprint density at radius 3 is 2.37 bits per heavy atom. The number of rotatable bonds is 8. The molecule has 0 heterocycles. The van der Waals surface area contributed by atoms with Gasteiger partial charge in [-0.3, -0.25) is 0 Å². The molecular weight excluding hydrogens is 395 g/mol. The van der Waals surface area contributed by atoms with Gasteiger partial charge in [0.15, 0.2) is 0 Å². The van der Waals surface area contributed by atoms with E-state index in [1.165, 1.54) is 10.4 Å². The van der Waals surface area contributed by atoms with Gasteiger partial charge in [-0.15, -0.1) is 12.4 Å². The number of hydrogen-bond acceptors (Lipinski definition) is 5. The summed E-state index contributed by atoms with van der Waals surface area (Å²) in [7, 11) is -2.82. The lowest BCUT2D eigenvalue weighted by atomic mass is 10.1. The first-order chi connectivity index (χ1) is 12.4. The predicted octanol–water partition coefficient (Wildman–Crippen LogP) is 2.23. The Bertz CT molecular complexity index is 863. The van der Waals surface area contributed by atoms with Crippen LogP contribution < -0.4 is 5.73 Å². The van der Waals surface area contributed by atoms with E-state index in [4.69, 9.17) is 5.73 Å². The third-order valence-corrected chi connectivity index (χ3v) is 5.75. The number of esters is 1. The lowest BCUT2D eigenvalue weighted by Gasteiger charge is -2.22. The summed E-state index contributed by atoms with van der Waals surface area (Å²) in [5.41, 5.74) is 6.21. The Morgan fingerprint density at radius 2 is 1.81 bits per heavy atom. The lowest BCUT2D eigenvalue weighted by Crippen LogP contribution is -2.37. The normalized spacial score (nSPS) is 11.1.